The molecule has 2 atom stereocenters. The largest absolute Gasteiger partial charge is 0.489 e. The number of nitrogens with one attached hydrogen (secondary N) is 1. The van der Waals surface area contributed by atoms with Gasteiger partial charge in [-0.3, -0.25) is 4.79 Å². The van der Waals surface area contributed by atoms with Gasteiger partial charge in [-0.15, -0.1) is 0 Å². The normalized spacial score (nSPS) is 14.6. The maximum atomic E-state index is 14.4. The van der Waals surface area contributed by atoms with Gasteiger partial charge in [-0.2, -0.15) is 8.78 Å². The maximum Gasteiger partial charge on any atom is 0.387 e. The summed E-state index contributed by atoms with van der Waals surface area (Å²) in [5.41, 5.74) is 5.58. The van der Waals surface area contributed by atoms with Gasteiger partial charge in [-0.1, -0.05) is 6.07 Å². The number of rotatable bonds is 11. The first-order valence-electron chi connectivity index (χ1n) is 11.9. The monoisotopic (exact) mass is 551 g/mol. The molecule has 1 heterocycles. The van der Waals surface area contributed by atoms with Gasteiger partial charge < -0.3 is 29.7 Å². The third-order valence-corrected chi connectivity index (χ3v) is 5.85. The van der Waals surface area contributed by atoms with Crippen molar-refractivity contribution in [1.29, 1.82) is 0 Å². The van der Waals surface area contributed by atoms with E-state index in [1.807, 2.05) is 0 Å². The fraction of sp³-hybridized carbons (Fsp3) is 0.346. The fourth-order valence-corrected chi connectivity index (χ4v) is 3.68. The molecule has 208 valence electrons. The van der Waals surface area contributed by atoms with E-state index in [9.17, 15) is 27.2 Å². The van der Waals surface area contributed by atoms with Crippen molar-refractivity contribution in [2.24, 2.45) is 11.7 Å². The molecule has 39 heavy (non-hydrogen) atoms. The number of nitrogens with zero attached hydrogens (tertiary/aromatic N) is 1. The van der Waals surface area contributed by atoms with Crippen molar-refractivity contribution in [2.75, 3.05) is 13.7 Å². The first kappa shape index (κ1) is 27.9. The predicted octanol–water partition coefficient (Wildman–Crippen LogP) is 4.67. The van der Waals surface area contributed by atoms with Crippen molar-refractivity contribution in [3.8, 4) is 23.0 Å². The molecule has 2 unspecified atom stereocenters. The third-order valence-electron chi connectivity index (χ3n) is 5.85. The van der Waals surface area contributed by atoms with Crippen molar-refractivity contribution in [3.63, 3.8) is 0 Å². The smallest absolute Gasteiger partial charge is 0.387 e. The molecule has 13 heteroatoms. The molecule has 1 aromatic heterocycles. The molecule has 3 aromatic rings. The molecular weight excluding hydrogens is 526 g/mol. The summed E-state index contributed by atoms with van der Waals surface area (Å²) < 4.78 is 74.2. The molecule has 1 amide bonds. The Bertz CT molecular complexity index is 1360. The molecule has 0 bridgehead atoms. The second-order valence-electron chi connectivity index (χ2n) is 8.91. The van der Waals surface area contributed by atoms with Crippen molar-refractivity contribution >= 4 is 11.9 Å². The van der Waals surface area contributed by atoms with Crippen molar-refractivity contribution < 1.29 is 45.8 Å². The van der Waals surface area contributed by atoms with Crippen LogP contribution in [0.2, 0.25) is 0 Å². The van der Waals surface area contributed by atoms with Crippen LogP contribution < -0.4 is 20.5 Å². The van der Waals surface area contributed by atoms with E-state index < -0.39 is 42.2 Å². The molecule has 1 aliphatic rings. The molecule has 1 aliphatic carbocycles. The van der Waals surface area contributed by atoms with Crippen LogP contribution in [0.15, 0.2) is 40.8 Å². The number of hydrogen-bond donors (Lipinski definition) is 2. The number of methoxy groups -OCH3 is 1. The van der Waals surface area contributed by atoms with Crippen molar-refractivity contribution in [1.82, 2.24) is 10.3 Å². The quantitative estimate of drug-likeness (QED) is 0.260. The number of oxazole rings is 1. The highest BCUT2D eigenvalue weighted by Crippen LogP contribution is 2.37. The van der Waals surface area contributed by atoms with Gasteiger partial charge in [0.25, 0.3) is 5.91 Å². The van der Waals surface area contributed by atoms with E-state index in [-0.39, 0.29) is 40.0 Å². The first-order valence-corrected chi connectivity index (χ1v) is 11.9. The molecule has 1 saturated carbocycles. The predicted molar refractivity (Wildman–Crippen MR) is 128 cm³/mol. The number of halogens is 4. The van der Waals surface area contributed by atoms with Gasteiger partial charge in [-0.05, 0) is 49.9 Å². The summed E-state index contributed by atoms with van der Waals surface area (Å²) in [6, 6.07) is 4.00. The van der Waals surface area contributed by atoms with Crippen LogP contribution in [0.3, 0.4) is 0 Å². The zero-order valence-corrected chi connectivity index (χ0v) is 20.9. The molecule has 2 aromatic carbocycles. The van der Waals surface area contributed by atoms with Crippen molar-refractivity contribution in [2.45, 2.75) is 38.5 Å². The van der Waals surface area contributed by atoms with Gasteiger partial charge in [0.1, 0.15) is 11.6 Å². The summed E-state index contributed by atoms with van der Waals surface area (Å²) >= 11 is 0. The topological polar surface area (TPSA) is 126 Å². The van der Waals surface area contributed by atoms with Crippen LogP contribution in [0, 0.1) is 17.6 Å². The number of hydrogen-bond acceptors (Lipinski definition) is 8. The Morgan fingerprint density at radius 2 is 1.90 bits per heavy atom. The average Bonchev–Trinajstić information content (AvgIpc) is 3.61. The summed E-state index contributed by atoms with van der Waals surface area (Å²) in [4.78, 5) is 29.8. The maximum absolute atomic E-state index is 14.4. The summed E-state index contributed by atoms with van der Waals surface area (Å²) in [7, 11) is 1.04. The van der Waals surface area contributed by atoms with Gasteiger partial charge >= 0.3 is 12.6 Å². The number of alkyl halides is 2. The van der Waals surface area contributed by atoms with Crippen LogP contribution in [-0.2, 0) is 9.53 Å². The van der Waals surface area contributed by atoms with E-state index >= 15 is 0 Å². The Morgan fingerprint density at radius 1 is 1.15 bits per heavy atom. The summed E-state index contributed by atoms with van der Waals surface area (Å²) in [6.07, 6.45) is 1.93. The minimum Gasteiger partial charge on any atom is -0.489 e. The van der Waals surface area contributed by atoms with Crippen LogP contribution in [0.1, 0.15) is 53.7 Å². The van der Waals surface area contributed by atoms with E-state index in [4.69, 9.17) is 14.9 Å². The number of nitrogens with two attached hydrogens (primary N) is 1. The number of benzene rings is 2. The van der Waals surface area contributed by atoms with Gasteiger partial charge in [0.15, 0.2) is 29.0 Å². The molecule has 0 aliphatic heterocycles. The summed E-state index contributed by atoms with van der Waals surface area (Å²) in [5, 5.41) is 2.32. The lowest BCUT2D eigenvalue weighted by molar-refractivity contribution is -0.143. The van der Waals surface area contributed by atoms with Gasteiger partial charge in [0, 0.05) is 17.2 Å². The summed E-state index contributed by atoms with van der Waals surface area (Å²) in [6.45, 7) is -1.25. The second kappa shape index (κ2) is 11.7. The molecule has 0 spiro atoms. The van der Waals surface area contributed by atoms with E-state index in [1.165, 1.54) is 25.1 Å². The molecule has 4 rings (SSSR count). The third kappa shape index (κ3) is 6.66. The Morgan fingerprint density at radius 3 is 2.51 bits per heavy atom. The van der Waals surface area contributed by atoms with E-state index in [0.717, 1.165) is 32.1 Å². The van der Waals surface area contributed by atoms with Gasteiger partial charge in [0.05, 0.1) is 19.8 Å². The SMILES string of the molecule is COC(=O)C(NC(=O)c1nc(-c2ccc(OC(F)F)c(OCC3CC3)c2)oc1C(C)N)c1ccc(F)cc1F. The second-order valence-corrected chi connectivity index (χ2v) is 8.91. The highest BCUT2D eigenvalue weighted by molar-refractivity contribution is 5.97. The lowest BCUT2D eigenvalue weighted by Gasteiger charge is -2.17. The highest BCUT2D eigenvalue weighted by Gasteiger charge is 2.31. The minimum atomic E-state index is -3.07. The highest BCUT2D eigenvalue weighted by atomic mass is 19.3. The number of amides is 1. The van der Waals surface area contributed by atoms with Crippen LogP contribution in [0.5, 0.6) is 11.5 Å². The standard InChI is InChI=1S/C26H25F4N3O6/c1-12(31)22-21(23(34)32-20(25(35)36-2)16-7-6-15(27)10-17(16)28)33-24(39-22)14-5-8-18(38-26(29)30)19(9-14)37-11-13-3-4-13/h5-10,12-13,20,26H,3-4,11,31H2,1-2H3,(H,32,34). The number of carbonyl (C=O) groups excluding carboxylic acids is 2. The van der Waals surface area contributed by atoms with Crippen LogP contribution in [-0.4, -0.2) is 37.2 Å². The number of aromatic nitrogens is 1. The summed E-state index contributed by atoms with van der Waals surface area (Å²) in [5.74, 6) is -3.94. The van der Waals surface area contributed by atoms with E-state index in [0.29, 0.717) is 18.6 Å². The number of ether oxygens (including phenoxy) is 3. The first-order chi connectivity index (χ1) is 18.6. The van der Waals surface area contributed by atoms with Gasteiger partial charge in [-0.25, -0.2) is 18.6 Å². The molecule has 3 N–H and O–H groups in total. The lowest BCUT2D eigenvalue weighted by Crippen LogP contribution is -2.36. The van der Waals surface area contributed by atoms with Crippen LogP contribution in [0.25, 0.3) is 11.5 Å². The van der Waals surface area contributed by atoms with E-state index in [2.05, 4.69) is 19.8 Å². The Labute approximate surface area is 220 Å². The van der Waals surface area contributed by atoms with Gasteiger partial charge in [0.2, 0.25) is 5.89 Å². The number of carbonyl (C=O) groups is 2. The van der Waals surface area contributed by atoms with Crippen LogP contribution in [0.4, 0.5) is 17.6 Å². The molecule has 1 fully saturated rings. The van der Waals surface area contributed by atoms with E-state index in [1.54, 1.807) is 0 Å². The van der Waals surface area contributed by atoms with Crippen molar-refractivity contribution in [3.05, 3.63) is 65.1 Å². The fourth-order valence-electron chi connectivity index (χ4n) is 3.68. The average molecular weight is 551 g/mol. The Hall–Kier alpha value is -4.13. The lowest BCUT2D eigenvalue weighted by atomic mass is 10.1. The zero-order valence-electron chi connectivity index (χ0n) is 20.9. The Kier molecular flexibility index (Phi) is 8.38. The minimum absolute atomic E-state index is 0.0313. The molecular formula is C26H25F4N3O6. The molecule has 9 nitrogen and oxygen atoms in total. The zero-order chi connectivity index (χ0) is 28.3. The molecule has 0 radical (unpaired) electrons. The Balaban J connectivity index is 1.66. The molecule has 0 saturated heterocycles. The van der Waals surface area contributed by atoms with Crippen LogP contribution >= 0.6 is 0 Å². The number of esters is 1.